The molecule has 34 valence electrons. The summed E-state index contributed by atoms with van der Waals surface area (Å²) in [7, 11) is 5.44. The second kappa shape index (κ2) is 2.01. The van der Waals surface area contributed by atoms with E-state index in [1.54, 1.807) is 0 Å². The lowest BCUT2D eigenvalue weighted by Crippen LogP contribution is -1.82. The third-order valence-corrected chi connectivity index (χ3v) is 1.04. The topological polar surface area (TPSA) is 0 Å². The summed E-state index contributed by atoms with van der Waals surface area (Å²) in [6.45, 7) is 0. The maximum Gasteiger partial charge on any atom is 0.107 e. The molecule has 0 N–H and O–H groups in total. The first-order valence-corrected chi connectivity index (χ1v) is 2.49. The van der Waals surface area contributed by atoms with Gasteiger partial charge >= 0.3 is 0 Å². The summed E-state index contributed by atoms with van der Waals surface area (Å²) in [5, 5.41) is 0. The van der Waals surface area contributed by atoms with Crippen molar-refractivity contribution >= 4 is 7.85 Å². The fourth-order valence-electron chi connectivity index (χ4n) is 0.618. The van der Waals surface area contributed by atoms with Crippen LogP contribution in [0.1, 0.15) is 12.8 Å². The molecule has 0 aromatic rings. The number of hydrogen-bond acceptors (Lipinski definition) is 0. The van der Waals surface area contributed by atoms with Crippen molar-refractivity contribution < 1.29 is 0 Å². The lowest BCUT2D eigenvalue weighted by molar-refractivity contribution is 1.21. The van der Waals surface area contributed by atoms with Gasteiger partial charge in [-0.25, -0.2) is 0 Å². The second-order valence-corrected chi connectivity index (χ2v) is 1.69. The predicted molar refractivity (Wildman–Crippen MR) is 32.2 cm³/mol. The minimum absolute atomic E-state index is 0.944. The summed E-state index contributed by atoms with van der Waals surface area (Å²) < 4.78 is 0. The molecule has 0 nitrogen and oxygen atoms in total. The lowest BCUT2D eigenvalue weighted by Gasteiger charge is -1.98. The van der Waals surface area contributed by atoms with Crippen molar-refractivity contribution in [1.29, 1.82) is 0 Å². The van der Waals surface area contributed by atoms with Gasteiger partial charge in [-0.2, -0.15) is 0 Å². The number of rotatable bonds is 0. The molecule has 1 aliphatic carbocycles. The molecule has 0 aromatic carbocycles. The van der Waals surface area contributed by atoms with Gasteiger partial charge in [0.1, 0.15) is 7.85 Å². The molecule has 0 fully saturated rings. The van der Waals surface area contributed by atoms with Crippen LogP contribution >= 0.6 is 0 Å². The van der Waals surface area contributed by atoms with Crippen LogP contribution in [0.25, 0.3) is 0 Å². The van der Waals surface area contributed by atoms with Gasteiger partial charge in [0.05, 0.1) is 0 Å². The van der Waals surface area contributed by atoms with Crippen LogP contribution in [0.4, 0.5) is 0 Å². The van der Waals surface area contributed by atoms with Gasteiger partial charge in [0.25, 0.3) is 0 Å². The van der Waals surface area contributed by atoms with E-state index in [1.165, 1.54) is 0 Å². The minimum Gasteiger partial charge on any atom is -0.118 e. The van der Waals surface area contributed by atoms with Crippen molar-refractivity contribution in [2.75, 3.05) is 0 Å². The summed E-state index contributed by atoms with van der Waals surface area (Å²) in [5.41, 5.74) is 1.00. The second-order valence-electron chi connectivity index (χ2n) is 1.69. The molecule has 0 bridgehead atoms. The summed E-state index contributed by atoms with van der Waals surface area (Å²) in [5.74, 6) is 0. The Morgan fingerprint density at radius 3 is 2.57 bits per heavy atom. The smallest absolute Gasteiger partial charge is 0.107 e. The third kappa shape index (κ3) is 1.22. The lowest BCUT2D eigenvalue weighted by atomic mass is 9.89. The molecular weight excluding hydrogens is 82.9 g/mol. The molecule has 0 spiro atoms. The Balaban J connectivity index is 2.50. The standard InChI is InChI=1S/C6H7B/c7-6-4-2-1-3-5-6/h1-2,5H,3-4H2. The Bertz CT molecular complexity index is 111. The zero-order chi connectivity index (χ0) is 5.11. The zero-order valence-electron chi connectivity index (χ0n) is 4.22. The Morgan fingerprint density at radius 2 is 2.29 bits per heavy atom. The SMILES string of the molecule is [B]C1=CCC=CC1. The molecule has 0 saturated heterocycles. The van der Waals surface area contributed by atoms with Crippen LogP contribution in [0.2, 0.25) is 0 Å². The van der Waals surface area contributed by atoms with E-state index in [-0.39, 0.29) is 0 Å². The van der Waals surface area contributed by atoms with Gasteiger partial charge in [0.15, 0.2) is 0 Å². The van der Waals surface area contributed by atoms with Gasteiger partial charge < -0.3 is 0 Å². The Labute approximate surface area is 45.3 Å². The summed E-state index contributed by atoms with van der Waals surface area (Å²) in [4.78, 5) is 0. The highest BCUT2D eigenvalue weighted by molar-refractivity contribution is 6.21. The summed E-state index contributed by atoms with van der Waals surface area (Å²) in [6, 6.07) is 0. The van der Waals surface area contributed by atoms with E-state index in [2.05, 4.69) is 12.2 Å². The highest BCUT2D eigenvalue weighted by Crippen LogP contribution is 2.05. The molecule has 0 aromatic heterocycles. The first-order valence-electron chi connectivity index (χ1n) is 2.49. The van der Waals surface area contributed by atoms with Crippen LogP contribution in [-0.4, -0.2) is 7.85 Å². The van der Waals surface area contributed by atoms with Gasteiger partial charge in [-0.15, -0.1) is 5.47 Å². The molecule has 0 atom stereocenters. The highest BCUT2D eigenvalue weighted by atomic mass is 13.9. The van der Waals surface area contributed by atoms with E-state index < -0.39 is 0 Å². The molecule has 7 heavy (non-hydrogen) atoms. The van der Waals surface area contributed by atoms with Crippen molar-refractivity contribution in [3.8, 4) is 0 Å². The van der Waals surface area contributed by atoms with Crippen LogP contribution < -0.4 is 0 Å². The molecule has 0 unspecified atom stereocenters. The maximum absolute atomic E-state index is 5.44. The molecule has 0 aliphatic heterocycles. The molecule has 1 heteroatoms. The fraction of sp³-hybridized carbons (Fsp3) is 0.333. The normalized spacial score (nSPS) is 19.1. The van der Waals surface area contributed by atoms with Crippen molar-refractivity contribution in [2.45, 2.75) is 12.8 Å². The maximum atomic E-state index is 5.44. The average molecular weight is 89.9 g/mol. The predicted octanol–water partition coefficient (Wildman–Crippen LogP) is 1.39. The number of allylic oxidation sites excluding steroid dienone is 4. The van der Waals surface area contributed by atoms with E-state index in [0.717, 1.165) is 18.3 Å². The van der Waals surface area contributed by atoms with Crippen molar-refractivity contribution in [1.82, 2.24) is 0 Å². The van der Waals surface area contributed by atoms with E-state index in [1.807, 2.05) is 6.08 Å². The first kappa shape index (κ1) is 4.70. The van der Waals surface area contributed by atoms with E-state index in [0.29, 0.717) is 0 Å². The summed E-state index contributed by atoms with van der Waals surface area (Å²) in [6.07, 6.45) is 8.22. The van der Waals surface area contributed by atoms with Crippen LogP contribution in [0.3, 0.4) is 0 Å². The molecular formula is C6H7B. The average Bonchev–Trinajstić information content (AvgIpc) is 1.69. The third-order valence-electron chi connectivity index (χ3n) is 1.04. The molecule has 0 heterocycles. The zero-order valence-corrected chi connectivity index (χ0v) is 4.22. The fourth-order valence-corrected chi connectivity index (χ4v) is 0.618. The largest absolute Gasteiger partial charge is 0.118 e. The number of hydrogen-bond donors (Lipinski definition) is 0. The van der Waals surface area contributed by atoms with Crippen LogP contribution in [0.15, 0.2) is 23.7 Å². The van der Waals surface area contributed by atoms with Crippen molar-refractivity contribution in [2.24, 2.45) is 0 Å². The molecule has 1 rings (SSSR count). The van der Waals surface area contributed by atoms with Crippen molar-refractivity contribution in [3.05, 3.63) is 23.7 Å². The van der Waals surface area contributed by atoms with E-state index >= 15 is 0 Å². The minimum atomic E-state index is 0.944. The van der Waals surface area contributed by atoms with Gasteiger partial charge in [-0.3, -0.25) is 0 Å². The molecule has 0 saturated carbocycles. The van der Waals surface area contributed by atoms with Gasteiger partial charge in [0.2, 0.25) is 0 Å². The monoisotopic (exact) mass is 90.1 g/mol. The van der Waals surface area contributed by atoms with Gasteiger partial charge in [-0.05, 0) is 12.8 Å². The Kier molecular flexibility index (Phi) is 1.35. The Morgan fingerprint density at radius 1 is 1.43 bits per heavy atom. The van der Waals surface area contributed by atoms with Crippen molar-refractivity contribution in [3.63, 3.8) is 0 Å². The summed E-state index contributed by atoms with van der Waals surface area (Å²) >= 11 is 0. The van der Waals surface area contributed by atoms with Crippen LogP contribution in [0.5, 0.6) is 0 Å². The van der Waals surface area contributed by atoms with Gasteiger partial charge in [0, 0.05) is 0 Å². The quantitative estimate of drug-likeness (QED) is 0.311. The van der Waals surface area contributed by atoms with E-state index in [4.69, 9.17) is 7.85 Å². The first-order chi connectivity index (χ1) is 3.39. The van der Waals surface area contributed by atoms with Gasteiger partial charge in [-0.1, -0.05) is 18.2 Å². The van der Waals surface area contributed by atoms with E-state index in [9.17, 15) is 0 Å². The van der Waals surface area contributed by atoms with Crippen LogP contribution in [0, 0.1) is 0 Å². The van der Waals surface area contributed by atoms with Crippen LogP contribution in [-0.2, 0) is 0 Å². The molecule has 2 radical (unpaired) electrons. The molecule has 1 aliphatic rings. The molecule has 0 amide bonds. The Hall–Kier alpha value is -0.455. The highest BCUT2D eigenvalue weighted by Gasteiger charge is 1.86.